The summed E-state index contributed by atoms with van der Waals surface area (Å²) in [6.07, 6.45) is 1.96. The van der Waals surface area contributed by atoms with Gasteiger partial charge in [-0.2, -0.15) is 10.1 Å². The quantitative estimate of drug-likeness (QED) is 0.497. The summed E-state index contributed by atoms with van der Waals surface area (Å²) in [6.45, 7) is 7.18. The summed E-state index contributed by atoms with van der Waals surface area (Å²) in [5.74, 6) is -1.63. The molecule has 0 aliphatic carbocycles. The highest BCUT2D eigenvalue weighted by Crippen LogP contribution is 2.14. The summed E-state index contributed by atoms with van der Waals surface area (Å²) in [6, 6.07) is -0.167. The molecule has 2 rings (SSSR count). The lowest BCUT2D eigenvalue weighted by Gasteiger charge is -2.11. The van der Waals surface area contributed by atoms with Gasteiger partial charge in [0.25, 0.3) is 5.78 Å². The third-order valence-corrected chi connectivity index (χ3v) is 3.53. The average molecular weight is 347 g/mol. The molecule has 3 N–H and O–H groups in total. The smallest absolute Gasteiger partial charge is 0.327 e. The number of amides is 3. The molecular formula is C15H21N7O3. The van der Waals surface area contributed by atoms with Gasteiger partial charge in [-0.3, -0.25) is 25.2 Å². The van der Waals surface area contributed by atoms with Crippen molar-refractivity contribution in [2.75, 3.05) is 0 Å². The maximum atomic E-state index is 11.9. The molecule has 0 unspecified atom stereocenters. The number of carbonyl (C=O) groups is 3. The number of fused-ring (bicyclic) bond motifs is 1. The maximum absolute atomic E-state index is 11.9. The van der Waals surface area contributed by atoms with E-state index in [0.29, 0.717) is 12.2 Å². The van der Waals surface area contributed by atoms with Gasteiger partial charge in [-0.1, -0.05) is 0 Å². The summed E-state index contributed by atoms with van der Waals surface area (Å²) in [7, 11) is 0. The first kappa shape index (κ1) is 18.3. The Balaban J connectivity index is 1.90. The Morgan fingerprint density at radius 2 is 1.88 bits per heavy atom. The van der Waals surface area contributed by atoms with Crippen molar-refractivity contribution in [1.82, 2.24) is 35.8 Å². The van der Waals surface area contributed by atoms with Crippen molar-refractivity contribution in [3.8, 4) is 0 Å². The zero-order valence-corrected chi connectivity index (χ0v) is 14.6. The standard InChI is InChI=1S/C15H21N7O3/c1-8(2)18-13(24)14(25)21-20-12(23)6-5-11-9(3)19-15-16-7-17-22(15)10(11)4/h7-8H,5-6H2,1-4H3,(H,18,24)(H,20,23)(H,21,25). The van der Waals surface area contributed by atoms with Crippen LogP contribution in [-0.2, 0) is 20.8 Å². The van der Waals surface area contributed by atoms with Gasteiger partial charge in [0.05, 0.1) is 0 Å². The molecule has 0 bridgehead atoms. The number of nitrogens with one attached hydrogen (secondary N) is 3. The van der Waals surface area contributed by atoms with E-state index in [1.165, 1.54) is 6.33 Å². The highest BCUT2D eigenvalue weighted by atomic mass is 16.2. The van der Waals surface area contributed by atoms with E-state index in [9.17, 15) is 14.4 Å². The Morgan fingerprint density at radius 1 is 1.16 bits per heavy atom. The molecule has 25 heavy (non-hydrogen) atoms. The largest absolute Gasteiger partial charge is 0.346 e. The number of aromatic nitrogens is 4. The van der Waals surface area contributed by atoms with Gasteiger partial charge in [-0.05, 0) is 39.7 Å². The van der Waals surface area contributed by atoms with Crippen molar-refractivity contribution in [1.29, 1.82) is 0 Å². The third kappa shape index (κ3) is 4.49. The van der Waals surface area contributed by atoms with Gasteiger partial charge < -0.3 is 5.32 Å². The van der Waals surface area contributed by atoms with Gasteiger partial charge in [0.15, 0.2) is 0 Å². The molecule has 134 valence electrons. The van der Waals surface area contributed by atoms with Gasteiger partial charge in [0, 0.05) is 23.9 Å². The summed E-state index contributed by atoms with van der Waals surface area (Å²) in [5.41, 5.74) is 6.82. The molecule has 0 aliphatic heterocycles. The Bertz CT molecular complexity index is 813. The lowest BCUT2D eigenvalue weighted by molar-refractivity contribution is -0.141. The zero-order chi connectivity index (χ0) is 18.6. The lowest BCUT2D eigenvalue weighted by atomic mass is 10.1. The number of carbonyl (C=O) groups excluding carboxylic acids is 3. The summed E-state index contributed by atoms with van der Waals surface area (Å²) in [4.78, 5) is 43.2. The van der Waals surface area contributed by atoms with Gasteiger partial charge in [-0.15, -0.1) is 0 Å². The van der Waals surface area contributed by atoms with E-state index in [0.717, 1.165) is 17.0 Å². The average Bonchev–Trinajstić information content (AvgIpc) is 3.00. The van der Waals surface area contributed by atoms with Crippen LogP contribution in [0.25, 0.3) is 5.78 Å². The fourth-order valence-corrected chi connectivity index (χ4v) is 2.33. The second kappa shape index (κ2) is 7.69. The molecule has 2 heterocycles. The monoisotopic (exact) mass is 347 g/mol. The van der Waals surface area contributed by atoms with Crippen LogP contribution in [0.15, 0.2) is 6.33 Å². The molecule has 0 radical (unpaired) electrons. The number of hydrogen-bond acceptors (Lipinski definition) is 6. The first-order valence-corrected chi connectivity index (χ1v) is 7.85. The molecule has 0 fully saturated rings. The molecule has 10 heteroatoms. The van der Waals surface area contributed by atoms with Crippen molar-refractivity contribution in [3.05, 3.63) is 23.3 Å². The van der Waals surface area contributed by atoms with Crippen molar-refractivity contribution in [3.63, 3.8) is 0 Å². The van der Waals surface area contributed by atoms with Gasteiger partial charge in [0.2, 0.25) is 5.91 Å². The van der Waals surface area contributed by atoms with Crippen molar-refractivity contribution >= 4 is 23.5 Å². The van der Waals surface area contributed by atoms with Crippen LogP contribution < -0.4 is 16.2 Å². The van der Waals surface area contributed by atoms with Gasteiger partial charge >= 0.3 is 11.8 Å². The second-order valence-corrected chi connectivity index (χ2v) is 5.86. The highest BCUT2D eigenvalue weighted by molar-refractivity contribution is 6.35. The minimum atomic E-state index is -0.917. The van der Waals surface area contributed by atoms with Gasteiger partial charge in [-0.25, -0.2) is 9.50 Å². The first-order chi connectivity index (χ1) is 11.8. The van der Waals surface area contributed by atoms with E-state index in [1.54, 1.807) is 18.4 Å². The molecule has 2 aromatic heterocycles. The van der Waals surface area contributed by atoms with Crippen LogP contribution in [0, 0.1) is 13.8 Å². The van der Waals surface area contributed by atoms with Crippen LogP contribution in [0.2, 0.25) is 0 Å². The molecule has 10 nitrogen and oxygen atoms in total. The maximum Gasteiger partial charge on any atom is 0.327 e. The fraction of sp³-hybridized carbons (Fsp3) is 0.467. The van der Waals surface area contributed by atoms with Crippen molar-refractivity contribution in [2.45, 2.75) is 46.6 Å². The summed E-state index contributed by atoms with van der Waals surface area (Å²) >= 11 is 0. The van der Waals surface area contributed by atoms with Crippen LogP contribution in [0.4, 0.5) is 0 Å². The molecule has 0 atom stereocenters. The van der Waals surface area contributed by atoms with Gasteiger partial charge in [0.1, 0.15) is 6.33 Å². The molecule has 0 aliphatic rings. The van der Waals surface area contributed by atoms with E-state index >= 15 is 0 Å². The molecule has 0 aromatic carbocycles. The van der Waals surface area contributed by atoms with E-state index in [-0.39, 0.29) is 12.5 Å². The Morgan fingerprint density at radius 3 is 2.56 bits per heavy atom. The summed E-state index contributed by atoms with van der Waals surface area (Å²) in [5, 5.41) is 6.52. The first-order valence-electron chi connectivity index (χ1n) is 7.85. The predicted octanol–water partition coefficient (Wildman–Crippen LogP) is -0.654. The molecule has 0 saturated carbocycles. The van der Waals surface area contributed by atoms with E-state index in [1.807, 2.05) is 13.8 Å². The van der Waals surface area contributed by atoms with Crippen molar-refractivity contribution < 1.29 is 14.4 Å². The van der Waals surface area contributed by atoms with E-state index in [4.69, 9.17) is 0 Å². The number of rotatable bonds is 4. The Kier molecular flexibility index (Phi) is 5.63. The van der Waals surface area contributed by atoms with Crippen molar-refractivity contribution in [2.24, 2.45) is 0 Å². The number of hydrazine groups is 1. The SMILES string of the molecule is Cc1nc2ncnn2c(C)c1CCC(=O)NNC(=O)C(=O)NC(C)C. The van der Waals surface area contributed by atoms with Crippen LogP contribution in [-0.4, -0.2) is 43.3 Å². The molecule has 3 amide bonds. The highest BCUT2D eigenvalue weighted by Gasteiger charge is 2.16. The second-order valence-electron chi connectivity index (χ2n) is 5.86. The van der Waals surface area contributed by atoms with Crippen LogP contribution >= 0.6 is 0 Å². The Hall–Kier alpha value is -3.04. The van der Waals surface area contributed by atoms with E-state index < -0.39 is 17.7 Å². The third-order valence-electron chi connectivity index (χ3n) is 3.53. The Labute approximate surface area is 144 Å². The lowest BCUT2D eigenvalue weighted by Crippen LogP contribution is -2.49. The predicted molar refractivity (Wildman–Crippen MR) is 88.1 cm³/mol. The van der Waals surface area contributed by atoms with Crippen LogP contribution in [0.5, 0.6) is 0 Å². The number of nitrogens with zero attached hydrogens (tertiary/aromatic N) is 4. The topological polar surface area (TPSA) is 130 Å². The zero-order valence-electron chi connectivity index (χ0n) is 14.6. The minimum absolute atomic E-state index is 0.121. The molecule has 2 aromatic rings. The molecule has 0 spiro atoms. The number of hydrogen-bond donors (Lipinski definition) is 3. The molecular weight excluding hydrogens is 326 g/mol. The molecule has 0 saturated heterocycles. The number of aryl methyl sites for hydroxylation is 2. The normalized spacial score (nSPS) is 10.8. The fourth-order valence-electron chi connectivity index (χ4n) is 2.33. The minimum Gasteiger partial charge on any atom is -0.346 e. The van der Waals surface area contributed by atoms with Crippen LogP contribution in [0.1, 0.15) is 37.2 Å². The van der Waals surface area contributed by atoms with E-state index in [2.05, 4.69) is 31.2 Å². The summed E-state index contributed by atoms with van der Waals surface area (Å²) < 4.78 is 1.61. The van der Waals surface area contributed by atoms with Crippen LogP contribution in [0.3, 0.4) is 0 Å².